The first-order chi connectivity index (χ1) is 2.41. The molecule has 0 unspecified atom stereocenters. The molecule has 26 valence electrons. The molecule has 0 aromatic heterocycles. The minimum absolute atomic E-state index is 0.611. The summed E-state index contributed by atoms with van der Waals surface area (Å²) in [7, 11) is 0. The molecule has 0 radical (unpaired) electrons. The van der Waals surface area contributed by atoms with Crippen LogP contribution in [0.25, 0.3) is 0 Å². The first kappa shape index (κ1) is 9.17. The Morgan fingerprint density at radius 2 is 1.20 bits per heavy atom. The summed E-state index contributed by atoms with van der Waals surface area (Å²) in [5.41, 5.74) is 0. The molecule has 0 bridgehead atoms. The van der Waals surface area contributed by atoms with Crippen LogP contribution in [0.1, 0.15) is 0 Å². The molecule has 0 saturated carbocycles. The van der Waals surface area contributed by atoms with Crippen molar-refractivity contribution in [1.82, 2.24) is 0 Å². The standard InChI is InChI=1S/Al.3O.Ti.H. The second kappa shape index (κ2) is 22.8. The Bertz CT molecular complexity index is 36.2. The molecule has 5 heavy (non-hydrogen) atoms. The third-order valence-electron chi connectivity index (χ3n) is 0. The summed E-state index contributed by atoms with van der Waals surface area (Å²) in [6.07, 6.45) is 0. The quantitative estimate of drug-likeness (QED) is 0.388. The van der Waals surface area contributed by atoms with Crippen molar-refractivity contribution < 1.29 is 29.5 Å². The van der Waals surface area contributed by atoms with Crippen LogP contribution in [0, 0.1) is 0 Å². The fraction of sp³-hybridized carbons (Fsp3) is 0. The Morgan fingerprint density at radius 3 is 1.20 bits per heavy atom. The maximum absolute atomic E-state index is 8.50. The molecular formula is HAlO3Ti. The predicted octanol–water partition coefficient (Wildman–Crippen LogP) is -1.01. The fourth-order valence-electron chi connectivity index (χ4n) is 0. The molecule has 0 aliphatic heterocycles. The van der Waals surface area contributed by atoms with Crippen LogP contribution in [0.3, 0.4) is 0 Å². The summed E-state index contributed by atoms with van der Waals surface area (Å²) in [5, 5.41) is 0. The Kier molecular flexibility index (Phi) is 41.8. The summed E-state index contributed by atoms with van der Waals surface area (Å²) in [4.78, 5) is 0. The van der Waals surface area contributed by atoms with Crippen molar-refractivity contribution in [3.05, 3.63) is 0 Å². The van der Waals surface area contributed by atoms with Crippen molar-refractivity contribution >= 4 is 16.2 Å². The van der Waals surface area contributed by atoms with E-state index < -0.39 is 19.1 Å². The van der Waals surface area contributed by atoms with E-state index in [2.05, 4.69) is 0 Å². The van der Waals surface area contributed by atoms with E-state index in [0.717, 1.165) is 0 Å². The van der Waals surface area contributed by atoms with Crippen molar-refractivity contribution in [1.29, 1.82) is 0 Å². The van der Waals surface area contributed by atoms with Crippen LogP contribution in [0.4, 0.5) is 0 Å². The molecule has 0 amide bonds. The number of hydrogen-bond acceptors (Lipinski definition) is 3. The van der Waals surface area contributed by atoms with E-state index in [1.165, 1.54) is 0 Å². The van der Waals surface area contributed by atoms with Crippen LogP contribution in [-0.2, 0) is 29.5 Å². The van der Waals surface area contributed by atoms with Gasteiger partial charge in [-0.2, -0.15) is 0 Å². The summed E-state index contributed by atoms with van der Waals surface area (Å²) in [6.45, 7) is 0. The molecule has 3 nitrogen and oxygen atoms in total. The average molecular weight is 124 g/mol. The molecule has 0 spiro atoms. The zero-order valence-corrected chi connectivity index (χ0v) is 5.41. The van der Waals surface area contributed by atoms with Gasteiger partial charge in [-0.05, 0) is 0 Å². The van der Waals surface area contributed by atoms with Gasteiger partial charge < -0.3 is 0 Å². The topological polar surface area (TPSA) is 51.2 Å². The summed E-state index contributed by atoms with van der Waals surface area (Å²) in [6, 6.07) is 0. The summed E-state index contributed by atoms with van der Waals surface area (Å²) < 4.78 is 25.3. The van der Waals surface area contributed by atoms with Crippen molar-refractivity contribution in [2.24, 2.45) is 0 Å². The van der Waals surface area contributed by atoms with E-state index in [1.807, 2.05) is 0 Å². The average Bonchev–Trinajstić information content (AvgIpc) is 1.46. The van der Waals surface area contributed by atoms with Gasteiger partial charge in [0.15, 0.2) is 0 Å². The summed E-state index contributed by atoms with van der Waals surface area (Å²) >= 11 is -1.39. The van der Waals surface area contributed by atoms with Crippen LogP contribution < -0.4 is 0 Å². The molecule has 0 aliphatic rings. The number of hydrogen-bond donors (Lipinski definition) is 0. The summed E-state index contributed by atoms with van der Waals surface area (Å²) in [5.74, 6) is 0. The van der Waals surface area contributed by atoms with Gasteiger partial charge in [0.25, 0.3) is 0 Å². The van der Waals surface area contributed by atoms with Gasteiger partial charge in [0.05, 0.1) is 0 Å². The van der Waals surface area contributed by atoms with Gasteiger partial charge in [-0.3, -0.25) is 0 Å². The van der Waals surface area contributed by atoms with E-state index in [-0.39, 0.29) is 0 Å². The number of rotatable bonds is 0. The second-order valence-corrected chi connectivity index (χ2v) is 0.344. The Hall–Kier alpha value is 0.647. The molecule has 0 saturated heterocycles. The van der Waals surface area contributed by atoms with Gasteiger partial charge in [-0.25, -0.2) is 0 Å². The second-order valence-electron chi connectivity index (χ2n) is 0.0833. The molecule has 5 heteroatoms. The molecular weight excluding hydrogens is 123 g/mol. The van der Waals surface area contributed by atoms with E-state index >= 15 is 0 Å². The van der Waals surface area contributed by atoms with Crippen molar-refractivity contribution in [3.63, 3.8) is 0 Å². The van der Waals surface area contributed by atoms with Crippen molar-refractivity contribution in [2.45, 2.75) is 0 Å². The first-order valence-electron chi connectivity index (χ1n) is 0.697. The molecule has 0 aromatic carbocycles. The van der Waals surface area contributed by atoms with Gasteiger partial charge >= 0.3 is 45.8 Å². The molecule has 0 heterocycles. The van der Waals surface area contributed by atoms with Crippen LogP contribution >= 0.6 is 0 Å². The fourth-order valence-corrected chi connectivity index (χ4v) is 0. The van der Waals surface area contributed by atoms with Crippen LogP contribution in [0.15, 0.2) is 0 Å². The zero-order valence-electron chi connectivity index (χ0n) is 2.43. The van der Waals surface area contributed by atoms with E-state index in [1.54, 1.807) is 0 Å². The van der Waals surface area contributed by atoms with Gasteiger partial charge in [0.2, 0.25) is 0 Å². The zero-order chi connectivity index (χ0) is 4.71. The third-order valence-corrected chi connectivity index (χ3v) is 0. The monoisotopic (exact) mass is 124 g/mol. The Morgan fingerprint density at radius 1 is 1.20 bits per heavy atom. The molecule has 0 aromatic rings. The molecule has 0 atom stereocenters. The Labute approximate surface area is 46.0 Å². The van der Waals surface area contributed by atoms with Gasteiger partial charge in [0, 0.05) is 0 Å². The SMILES string of the molecule is [O]=[AlH].[O]=[Ti]=[O]. The van der Waals surface area contributed by atoms with E-state index in [9.17, 15) is 0 Å². The van der Waals surface area contributed by atoms with Crippen LogP contribution in [-0.4, -0.2) is 16.2 Å². The molecule has 0 rings (SSSR count). The minimum atomic E-state index is -2.00. The van der Waals surface area contributed by atoms with Gasteiger partial charge in [-0.15, -0.1) is 0 Å². The predicted molar refractivity (Wildman–Crippen MR) is 9.21 cm³/mol. The van der Waals surface area contributed by atoms with E-state index in [0.29, 0.717) is 16.2 Å². The maximum atomic E-state index is 8.50. The molecule has 0 N–H and O–H groups in total. The molecule has 0 aliphatic carbocycles. The normalized spacial score (nSPS) is 2.20. The van der Waals surface area contributed by atoms with Crippen molar-refractivity contribution in [3.8, 4) is 0 Å². The molecule has 0 fully saturated rings. The third kappa shape index (κ3) is 77.8. The van der Waals surface area contributed by atoms with Crippen LogP contribution in [0.2, 0.25) is 0 Å². The van der Waals surface area contributed by atoms with E-state index in [4.69, 9.17) is 10.5 Å². The van der Waals surface area contributed by atoms with Crippen molar-refractivity contribution in [2.75, 3.05) is 0 Å². The van der Waals surface area contributed by atoms with Crippen LogP contribution in [0.5, 0.6) is 0 Å². The Balaban J connectivity index is 0. The van der Waals surface area contributed by atoms with Gasteiger partial charge in [-0.1, -0.05) is 0 Å². The first-order valence-corrected chi connectivity index (χ1v) is 2.55. The van der Waals surface area contributed by atoms with Gasteiger partial charge in [0.1, 0.15) is 0 Å².